The zero-order valence-electron chi connectivity index (χ0n) is 14.8. The molecule has 3 aromatic rings. The van der Waals surface area contributed by atoms with E-state index in [0.717, 1.165) is 18.9 Å². The predicted molar refractivity (Wildman–Crippen MR) is 98.8 cm³/mol. The van der Waals surface area contributed by atoms with Crippen molar-refractivity contribution in [1.82, 2.24) is 30.2 Å². The van der Waals surface area contributed by atoms with Crippen molar-refractivity contribution in [2.75, 3.05) is 18.0 Å². The van der Waals surface area contributed by atoms with E-state index in [1.807, 2.05) is 6.07 Å². The molecule has 0 N–H and O–H groups in total. The molecule has 0 spiro atoms. The number of hydrogen-bond acceptors (Lipinski definition) is 6. The maximum atomic E-state index is 4.64. The van der Waals surface area contributed by atoms with Gasteiger partial charge in [0.1, 0.15) is 0 Å². The summed E-state index contributed by atoms with van der Waals surface area (Å²) in [4.78, 5) is 5.13. The molecule has 2 atom stereocenters. The molecule has 7 heteroatoms. The topological polar surface area (TPSA) is 62.5 Å². The van der Waals surface area contributed by atoms with E-state index in [9.17, 15) is 0 Å². The number of anilines is 1. The van der Waals surface area contributed by atoms with E-state index in [1.54, 1.807) is 0 Å². The number of aromatic nitrogens is 5. The van der Waals surface area contributed by atoms with Crippen LogP contribution in [0.1, 0.15) is 31.2 Å². The lowest BCUT2D eigenvalue weighted by atomic mass is 10.0. The minimum Gasteiger partial charge on any atom is -0.351 e. The van der Waals surface area contributed by atoms with E-state index in [1.165, 1.54) is 42.4 Å². The van der Waals surface area contributed by atoms with Gasteiger partial charge in [0, 0.05) is 25.2 Å². The van der Waals surface area contributed by atoms with Gasteiger partial charge in [-0.2, -0.15) is 0 Å². The van der Waals surface area contributed by atoms with Crippen molar-refractivity contribution in [1.29, 1.82) is 0 Å². The molecule has 2 saturated heterocycles. The number of tetrazole rings is 1. The molecule has 2 aromatic heterocycles. The quantitative estimate of drug-likeness (QED) is 0.719. The molecule has 7 nitrogen and oxygen atoms in total. The molecule has 0 bridgehead atoms. The summed E-state index contributed by atoms with van der Waals surface area (Å²) in [5.41, 5.74) is 2.09. The highest BCUT2D eigenvalue weighted by Crippen LogP contribution is 2.33. The van der Waals surface area contributed by atoms with E-state index >= 15 is 0 Å². The summed E-state index contributed by atoms with van der Waals surface area (Å²) in [5.74, 6) is 0.985. The highest BCUT2D eigenvalue weighted by molar-refractivity contribution is 5.46. The molecule has 4 heterocycles. The van der Waals surface area contributed by atoms with E-state index in [2.05, 4.69) is 66.8 Å². The first kappa shape index (κ1) is 15.7. The van der Waals surface area contributed by atoms with Crippen molar-refractivity contribution in [3.8, 4) is 0 Å². The summed E-state index contributed by atoms with van der Waals surface area (Å²) in [5, 5.41) is 16.2. The van der Waals surface area contributed by atoms with Crippen molar-refractivity contribution >= 4 is 11.5 Å². The Morgan fingerprint density at radius 2 is 1.77 bits per heavy atom. The Morgan fingerprint density at radius 3 is 2.69 bits per heavy atom. The Balaban J connectivity index is 1.38. The molecule has 0 unspecified atom stereocenters. The second-order valence-corrected chi connectivity index (χ2v) is 7.29. The third-order valence-corrected chi connectivity index (χ3v) is 5.74. The van der Waals surface area contributed by atoms with Crippen molar-refractivity contribution in [2.24, 2.45) is 0 Å². The van der Waals surface area contributed by atoms with Gasteiger partial charge in [-0.05, 0) is 60.4 Å². The van der Waals surface area contributed by atoms with Crippen LogP contribution in [0.2, 0.25) is 0 Å². The van der Waals surface area contributed by atoms with Gasteiger partial charge >= 0.3 is 0 Å². The van der Waals surface area contributed by atoms with Crippen LogP contribution in [-0.4, -0.2) is 55.3 Å². The molecule has 134 valence electrons. The van der Waals surface area contributed by atoms with Crippen LogP contribution >= 0.6 is 0 Å². The molecular weight excluding hydrogens is 326 g/mol. The Morgan fingerprint density at radius 1 is 0.923 bits per heavy atom. The summed E-state index contributed by atoms with van der Waals surface area (Å²) in [6.45, 7) is 3.28. The molecule has 0 saturated carbocycles. The van der Waals surface area contributed by atoms with Crippen LogP contribution in [0.15, 0.2) is 42.5 Å². The fraction of sp³-hybridized carbons (Fsp3) is 0.474. The van der Waals surface area contributed by atoms with Gasteiger partial charge in [0.25, 0.3) is 0 Å². The highest BCUT2D eigenvalue weighted by Gasteiger charge is 2.38. The minimum absolute atomic E-state index is 0.516. The standard InChI is InChI=1S/C19H23N7/c1-2-6-15(7-3-1)14-24-12-4-8-16(24)17-9-5-13-25(17)19-11-10-18-20-22-23-26(18)21-19/h1-3,6-7,10-11,16-17H,4-5,8-9,12-14H2/t16-,17-/m0/s1. The third-order valence-electron chi connectivity index (χ3n) is 5.74. The largest absolute Gasteiger partial charge is 0.351 e. The van der Waals surface area contributed by atoms with Gasteiger partial charge in [-0.3, -0.25) is 4.90 Å². The summed E-state index contributed by atoms with van der Waals surface area (Å²) < 4.78 is 1.53. The molecular formula is C19H23N7. The molecule has 2 aliphatic heterocycles. The maximum absolute atomic E-state index is 4.64. The fourth-order valence-corrected chi connectivity index (χ4v) is 4.57. The van der Waals surface area contributed by atoms with Gasteiger partial charge in [-0.1, -0.05) is 30.3 Å². The van der Waals surface area contributed by atoms with Gasteiger partial charge in [-0.15, -0.1) is 14.8 Å². The van der Waals surface area contributed by atoms with Crippen molar-refractivity contribution in [3.63, 3.8) is 0 Å². The van der Waals surface area contributed by atoms with Crippen LogP contribution in [0.5, 0.6) is 0 Å². The average Bonchev–Trinajstić information content (AvgIpc) is 3.41. The van der Waals surface area contributed by atoms with Crippen LogP contribution in [0.4, 0.5) is 5.82 Å². The van der Waals surface area contributed by atoms with Crippen molar-refractivity contribution in [2.45, 2.75) is 44.3 Å². The highest BCUT2D eigenvalue weighted by atomic mass is 15.6. The van der Waals surface area contributed by atoms with Crippen molar-refractivity contribution < 1.29 is 0 Å². The number of fused-ring (bicyclic) bond motifs is 1. The second-order valence-electron chi connectivity index (χ2n) is 7.29. The van der Waals surface area contributed by atoms with Gasteiger partial charge in [0.2, 0.25) is 0 Å². The lowest BCUT2D eigenvalue weighted by molar-refractivity contribution is 0.215. The molecule has 2 fully saturated rings. The first-order chi connectivity index (χ1) is 12.9. The number of hydrogen-bond donors (Lipinski definition) is 0. The van der Waals surface area contributed by atoms with E-state index in [-0.39, 0.29) is 0 Å². The number of benzene rings is 1. The molecule has 2 aliphatic rings. The van der Waals surface area contributed by atoms with Crippen LogP contribution in [0, 0.1) is 0 Å². The SMILES string of the molecule is c1ccc(CN2CCC[C@H]2[C@@H]2CCCN2c2ccc3nnnn3n2)cc1. The smallest absolute Gasteiger partial charge is 0.200 e. The zero-order chi connectivity index (χ0) is 17.3. The zero-order valence-corrected chi connectivity index (χ0v) is 14.8. The molecule has 5 rings (SSSR count). The number of nitrogens with zero attached hydrogens (tertiary/aromatic N) is 7. The third kappa shape index (κ3) is 2.82. The summed E-state index contributed by atoms with van der Waals surface area (Å²) in [6, 6.07) is 15.9. The van der Waals surface area contributed by atoms with Gasteiger partial charge in [0.15, 0.2) is 11.5 Å². The van der Waals surface area contributed by atoms with E-state index in [0.29, 0.717) is 17.7 Å². The summed E-state index contributed by atoms with van der Waals surface area (Å²) >= 11 is 0. The fourth-order valence-electron chi connectivity index (χ4n) is 4.57. The molecule has 26 heavy (non-hydrogen) atoms. The second kappa shape index (κ2) is 6.64. The number of rotatable bonds is 4. The average molecular weight is 349 g/mol. The van der Waals surface area contributed by atoms with Crippen LogP contribution in [0.3, 0.4) is 0 Å². The summed E-state index contributed by atoms with van der Waals surface area (Å²) in [7, 11) is 0. The predicted octanol–water partition coefficient (Wildman–Crippen LogP) is 2.15. The molecule has 0 radical (unpaired) electrons. The van der Waals surface area contributed by atoms with Crippen LogP contribution in [0.25, 0.3) is 5.65 Å². The monoisotopic (exact) mass is 349 g/mol. The van der Waals surface area contributed by atoms with E-state index in [4.69, 9.17) is 0 Å². The Bertz CT molecular complexity index is 878. The van der Waals surface area contributed by atoms with Crippen LogP contribution < -0.4 is 4.90 Å². The maximum Gasteiger partial charge on any atom is 0.200 e. The Kier molecular flexibility index (Phi) is 4.01. The van der Waals surface area contributed by atoms with Gasteiger partial charge in [0.05, 0.1) is 0 Å². The normalized spacial score (nSPS) is 23.9. The molecule has 0 amide bonds. The van der Waals surface area contributed by atoms with E-state index < -0.39 is 0 Å². The lowest BCUT2D eigenvalue weighted by Crippen LogP contribution is -2.46. The summed E-state index contributed by atoms with van der Waals surface area (Å²) in [6.07, 6.45) is 4.99. The van der Waals surface area contributed by atoms with Crippen LogP contribution in [-0.2, 0) is 6.54 Å². The molecule has 0 aliphatic carbocycles. The van der Waals surface area contributed by atoms with Crippen molar-refractivity contribution in [3.05, 3.63) is 48.0 Å². The number of likely N-dealkylation sites (tertiary alicyclic amines) is 1. The van der Waals surface area contributed by atoms with Gasteiger partial charge in [-0.25, -0.2) is 0 Å². The first-order valence-corrected chi connectivity index (χ1v) is 9.48. The first-order valence-electron chi connectivity index (χ1n) is 9.48. The molecule has 1 aromatic carbocycles. The minimum atomic E-state index is 0.516. The van der Waals surface area contributed by atoms with Gasteiger partial charge < -0.3 is 4.90 Å². The Hall–Kier alpha value is -2.54. The Labute approximate surface area is 152 Å². The lowest BCUT2D eigenvalue weighted by Gasteiger charge is -2.35.